The van der Waals surface area contributed by atoms with Gasteiger partial charge in [0.25, 0.3) is 0 Å². The average molecular weight is 373 g/mol. The number of ether oxygens (including phenoxy) is 2. The predicted molar refractivity (Wildman–Crippen MR) is 74.5 cm³/mol. The number of carboxylic acids is 1. The molecule has 0 spiro atoms. The standard InChI is InChI=1S/C11H20NO11P/c1-4(10(15)16)22-9-7(12-5(2)13)11(17)23-6(8(9)14)3-21-24(18,19)20/h4,6-9,11,14,17H,3H2,1-2H3,(H,12,13)(H,15,16)(H2,18,19,20)/t4-,6-,7-,8-,9-,11?/m1/s1. The summed E-state index contributed by atoms with van der Waals surface area (Å²) >= 11 is 0. The van der Waals surface area contributed by atoms with E-state index in [4.69, 9.17) is 24.4 Å². The van der Waals surface area contributed by atoms with Crippen molar-refractivity contribution >= 4 is 19.7 Å². The lowest BCUT2D eigenvalue weighted by Crippen LogP contribution is -2.65. The van der Waals surface area contributed by atoms with Crippen molar-refractivity contribution in [2.75, 3.05) is 6.61 Å². The lowest BCUT2D eigenvalue weighted by molar-refractivity contribution is -0.266. The van der Waals surface area contributed by atoms with Crippen molar-refractivity contribution in [1.29, 1.82) is 0 Å². The summed E-state index contributed by atoms with van der Waals surface area (Å²) in [6, 6.07) is -1.30. The zero-order valence-electron chi connectivity index (χ0n) is 12.8. The summed E-state index contributed by atoms with van der Waals surface area (Å²) in [5.74, 6) is -1.95. The number of carboxylic acid groups (broad SMARTS) is 1. The Morgan fingerprint density at radius 2 is 1.92 bits per heavy atom. The molecule has 0 bridgehead atoms. The molecular formula is C11H20NO11P. The Morgan fingerprint density at radius 1 is 1.33 bits per heavy atom. The number of aliphatic carboxylic acids is 1. The molecule has 0 aromatic rings. The topological polar surface area (TPSA) is 192 Å². The number of aliphatic hydroxyl groups excluding tert-OH is 2. The number of carbonyl (C=O) groups is 2. The van der Waals surface area contributed by atoms with Crippen molar-refractivity contribution < 1.29 is 53.3 Å². The normalized spacial score (nSPS) is 32.2. The molecule has 0 aliphatic carbocycles. The van der Waals surface area contributed by atoms with Gasteiger partial charge >= 0.3 is 13.8 Å². The first-order valence-corrected chi connectivity index (χ1v) is 8.32. The van der Waals surface area contributed by atoms with Gasteiger partial charge < -0.3 is 39.9 Å². The molecule has 0 radical (unpaired) electrons. The van der Waals surface area contributed by atoms with Gasteiger partial charge in [0, 0.05) is 6.92 Å². The SMILES string of the molecule is CC(=O)N[C@H]1C(O)O[C@H](COP(=O)(O)O)[C@@H](O)[C@@H]1O[C@H](C)C(=O)O. The van der Waals surface area contributed by atoms with E-state index in [0.29, 0.717) is 0 Å². The summed E-state index contributed by atoms with van der Waals surface area (Å²) in [5, 5.41) is 31.3. The summed E-state index contributed by atoms with van der Waals surface area (Å²) in [6.07, 6.45) is -7.61. The molecule has 1 saturated heterocycles. The maximum Gasteiger partial charge on any atom is 0.469 e. The number of hydrogen-bond donors (Lipinski definition) is 6. The molecule has 1 rings (SSSR count). The third kappa shape index (κ3) is 6.07. The van der Waals surface area contributed by atoms with Crippen molar-refractivity contribution in [2.45, 2.75) is 50.6 Å². The highest BCUT2D eigenvalue weighted by molar-refractivity contribution is 7.46. The Balaban J connectivity index is 2.95. The number of amides is 1. The predicted octanol–water partition coefficient (Wildman–Crippen LogP) is -2.46. The maximum atomic E-state index is 11.2. The lowest BCUT2D eigenvalue weighted by atomic mass is 9.96. The van der Waals surface area contributed by atoms with Crippen LogP contribution in [0, 0.1) is 0 Å². The van der Waals surface area contributed by atoms with Crippen LogP contribution in [0.4, 0.5) is 0 Å². The van der Waals surface area contributed by atoms with Gasteiger partial charge in [-0.05, 0) is 6.92 Å². The number of rotatable bonds is 7. The van der Waals surface area contributed by atoms with E-state index < -0.39 is 63.1 Å². The molecule has 1 aliphatic heterocycles. The highest BCUT2D eigenvalue weighted by Gasteiger charge is 2.47. The first kappa shape index (κ1) is 20.9. The highest BCUT2D eigenvalue weighted by atomic mass is 31.2. The van der Waals surface area contributed by atoms with Crippen LogP contribution in [0.2, 0.25) is 0 Å². The molecule has 0 aromatic carbocycles. The number of phosphoric acid groups is 1. The van der Waals surface area contributed by atoms with Crippen molar-refractivity contribution in [3.8, 4) is 0 Å². The Bertz CT molecular complexity index is 508. The Morgan fingerprint density at radius 3 is 2.38 bits per heavy atom. The molecule has 1 unspecified atom stereocenters. The molecule has 1 fully saturated rings. The van der Waals surface area contributed by atoms with E-state index in [1.165, 1.54) is 6.92 Å². The zero-order chi connectivity index (χ0) is 18.7. The summed E-state index contributed by atoms with van der Waals surface area (Å²) in [5.41, 5.74) is 0. The molecule has 6 atom stereocenters. The number of nitrogens with one attached hydrogen (secondary N) is 1. The molecule has 0 saturated carbocycles. The number of aliphatic hydroxyl groups is 2. The van der Waals surface area contributed by atoms with Gasteiger partial charge in [0.05, 0.1) is 6.61 Å². The van der Waals surface area contributed by atoms with Crippen LogP contribution < -0.4 is 5.32 Å². The molecule has 140 valence electrons. The molecule has 0 aromatic heterocycles. The highest BCUT2D eigenvalue weighted by Crippen LogP contribution is 2.37. The molecule has 24 heavy (non-hydrogen) atoms. The molecule has 1 amide bonds. The largest absolute Gasteiger partial charge is 0.479 e. The van der Waals surface area contributed by atoms with Crippen molar-refractivity contribution in [3.63, 3.8) is 0 Å². The van der Waals surface area contributed by atoms with Crippen LogP contribution in [0.25, 0.3) is 0 Å². The number of hydrogen-bond acceptors (Lipinski definition) is 8. The van der Waals surface area contributed by atoms with Crippen molar-refractivity contribution in [3.05, 3.63) is 0 Å². The van der Waals surface area contributed by atoms with E-state index in [2.05, 4.69) is 9.84 Å². The summed E-state index contributed by atoms with van der Waals surface area (Å²) in [7, 11) is -4.86. The monoisotopic (exact) mass is 373 g/mol. The fourth-order valence-electron chi connectivity index (χ4n) is 2.09. The summed E-state index contributed by atoms with van der Waals surface area (Å²) < 4.78 is 25.1. The van der Waals surface area contributed by atoms with Gasteiger partial charge in [-0.2, -0.15) is 0 Å². The van der Waals surface area contributed by atoms with Gasteiger partial charge in [-0.15, -0.1) is 0 Å². The third-order valence-corrected chi connectivity index (χ3v) is 3.66. The van der Waals surface area contributed by atoms with Crippen LogP contribution in [0.5, 0.6) is 0 Å². The van der Waals surface area contributed by atoms with E-state index in [0.717, 1.165) is 6.92 Å². The molecule has 1 heterocycles. The minimum atomic E-state index is -4.86. The molecule has 12 nitrogen and oxygen atoms in total. The summed E-state index contributed by atoms with van der Waals surface area (Å²) in [6.45, 7) is 1.50. The zero-order valence-corrected chi connectivity index (χ0v) is 13.7. The van der Waals surface area contributed by atoms with Gasteiger partial charge in [-0.3, -0.25) is 9.32 Å². The first-order valence-electron chi connectivity index (χ1n) is 6.79. The van der Waals surface area contributed by atoms with Crippen LogP contribution >= 0.6 is 7.82 Å². The second kappa shape index (κ2) is 8.32. The smallest absolute Gasteiger partial charge is 0.469 e. The second-order valence-corrected chi connectivity index (χ2v) is 6.39. The quantitative estimate of drug-likeness (QED) is 0.259. The fourth-order valence-corrected chi connectivity index (χ4v) is 2.43. The van der Waals surface area contributed by atoms with Gasteiger partial charge in [0.2, 0.25) is 5.91 Å². The Hall–Kier alpha value is -1.11. The minimum absolute atomic E-state index is 0.601. The van der Waals surface area contributed by atoms with Crippen molar-refractivity contribution in [1.82, 2.24) is 5.32 Å². The van der Waals surface area contributed by atoms with Gasteiger partial charge in [0.1, 0.15) is 24.4 Å². The van der Waals surface area contributed by atoms with E-state index in [9.17, 15) is 24.4 Å². The Labute approximate surface area is 136 Å². The van der Waals surface area contributed by atoms with E-state index in [1.54, 1.807) is 0 Å². The van der Waals surface area contributed by atoms with Gasteiger partial charge in [0.15, 0.2) is 12.4 Å². The second-order valence-electron chi connectivity index (χ2n) is 5.15. The van der Waals surface area contributed by atoms with Crippen LogP contribution in [-0.4, -0.2) is 80.3 Å². The van der Waals surface area contributed by atoms with Gasteiger partial charge in [-0.1, -0.05) is 0 Å². The van der Waals surface area contributed by atoms with Crippen LogP contribution in [0.3, 0.4) is 0 Å². The summed E-state index contributed by atoms with van der Waals surface area (Å²) in [4.78, 5) is 39.5. The van der Waals surface area contributed by atoms with Gasteiger partial charge in [-0.25, -0.2) is 9.36 Å². The van der Waals surface area contributed by atoms with Crippen LogP contribution in [-0.2, 0) is 28.2 Å². The molecule has 6 N–H and O–H groups in total. The minimum Gasteiger partial charge on any atom is -0.479 e. The maximum absolute atomic E-state index is 11.2. The van der Waals surface area contributed by atoms with Crippen LogP contribution in [0.15, 0.2) is 0 Å². The van der Waals surface area contributed by atoms with E-state index >= 15 is 0 Å². The molecular weight excluding hydrogens is 353 g/mol. The Kier molecular flexibility index (Phi) is 7.25. The molecule has 1 aliphatic rings. The van der Waals surface area contributed by atoms with E-state index in [1.807, 2.05) is 0 Å². The fraction of sp³-hybridized carbons (Fsp3) is 0.818. The molecule has 13 heteroatoms. The average Bonchev–Trinajstić information content (AvgIpc) is 2.43. The van der Waals surface area contributed by atoms with E-state index in [-0.39, 0.29) is 0 Å². The third-order valence-electron chi connectivity index (χ3n) is 3.18. The number of carbonyl (C=O) groups excluding carboxylic acids is 1. The number of phosphoric ester groups is 1. The van der Waals surface area contributed by atoms with Crippen LogP contribution in [0.1, 0.15) is 13.8 Å². The lowest BCUT2D eigenvalue weighted by Gasteiger charge is -2.43. The first-order chi connectivity index (χ1) is 10.9. The van der Waals surface area contributed by atoms with Crippen molar-refractivity contribution in [2.24, 2.45) is 0 Å².